The standard InChI is InChI=1S/C10H8N2O3/c1-12-9(5-13)7-4-6(10(14)15)2-3-8(7)11-12/h2-5H,1H3,(H,14,15)/p+1. The van der Waals surface area contributed by atoms with E-state index < -0.39 is 5.97 Å². The Kier molecular flexibility index (Phi) is 2.00. The second kappa shape index (κ2) is 3.20. The molecule has 0 fully saturated rings. The van der Waals surface area contributed by atoms with E-state index >= 15 is 0 Å². The smallest absolute Gasteiger partial charge is 0.335 e. The number of aromatic carboxylic acids is 1. The van der Waals surface area contributed by atoms with E-state index in [9.17, 15) is 9.59 Å². The molecule has 15 heavy (non-hydrogen) atoms. The van der Waals surface area contributed by atoms with Crippen LogP contribution in [0.1, 0.15) is 20.8 Å². The fourth-order valence-corrected chi connectivity index (χ4v) is 1.55. The van der Waals surface area contributed by atoms with Crippen molar-refractivity contribution in [2.24, 2.45) is 7.05 Å². The SMILES string of the molecule is C[n+]1[nH]c2ccc(C(=O)O)cc2c1C=O. The number of aromatic nitrogens is 2. The Morgan fingerprint density at radius 3 is 2.87 bits per heavy atom. The van der Waals surface area contributed by atoms with Gasteiger partial charge in [0.25, 0.3) is 5.69 Å². The van der Waals surface area contributed by atoms with Crippen molar-refractivity contribution >= 4 is 23.2 Å². The van der Waals surface area contributed by atoms with E-state index in [-0.39, 0.29) is 5.56 Å². The van der Waals surface area contributed by atoms with Crippen LogP contribution in [-0.2, 0) is 7.05 Å². The van der Waals surface area contributed by atoms with Gasteiger partial charge in [0.2, 0.25) is 6.29 Å². The predicted molar refractivity (Wildman–Crippen MR) is 51.8 cm³/mol. The molecule has 0 atom stereocenters. The second-order valence-electron chi connectivity index (χ2n) is 3.24. The van der Waals surface area contributed by atoms with E-state index in [1.54, 1.807) is 17.8 Å². The summed E-state index contributed by atoms with van der Waals surface area (Å²) in [4.78, 5) is 21.5. The normalized spacial score (nSPS) is 10.5. The Balaban J connectivity index is 2.78. The molecule has 0 unspecified atom stereocenters. The van der Waals surface area contributed by atoms with E-state index in [0.29, 0.717) is 17.4 Å². The number of H-pyrrole nitrogens is 1. The van der Waals surface area contributed by atoms with Crippen molar-refractivity contribution in [3.63, 3.8) is 0 Å². The third-order valence-electron chi connectivity index (χ3n) is 2.30. The molecule has 1 aromatic carbocycles. The summed E-state index contributed by atoms with van der Waals surface area (Å²) in [5.41, 5.74) is 1.35. The van der Waals surface area contributed by atoms with Crippen molar-refractivity contribution < 1.29 is 19.4 Å². The number of nitrogens with zero attached hydrogens (tertiary/aromatic N) is 1. The number of aldehydes is 1. The van der Waals surface area contributed by atoms with E-state index in [1.165, 1.54) is 12.1 Å². The van der Waals surface area contributed by atoms with Gasteiger partial charge in [0.15, 0.2) is 7.05 Å². The van der Waals surface area contributed by atoms with E-state index in [1.807, 2.05) is 0 Å². The van der Waals surface area contributed by atoms with Crippen molar-refractivity contribution in [2.75, 3.05) is 0 Å². The van der Waals surface area contributed by atoms with Crippen LogP contribution in [0, 0.1) is 0 Å². The summed E-state index contributed by atoms with van der Waals surface area (Å²) in [6.45, 7) is 0. The predicted octanol–water partition coefficient (Wildman–Crippen LogP) is 0.503. The Labute approximate surface area is 84.9 Å². The number of hydrogen-bond acceptors (Lipinski definition) is 2. The summed E-state index contributed by atoms with van der Waals surface area (Å²) < 4.78 is 1.56. The lowest BCUT2D eigenvalue weighted by Gasteiger charge is -1.91. The number of benzene rings is 1. The van der Waals surface area contributed by atoms with Gasteiger partial charge in [0.1, 0.15) is 5.52 Å². The lowest BCUT2D eigenvalue weighted by Crippen LogP contribution is -2.33. The molecular weight excluding hydrogens is 196 g/mol. The van der Waals surface area contributed by atoms with Gasteiger partial charge in [0, 0.05) is 0 Å². The fourth-order valence-electron chi connectivity index (χ4n) is 1.55. The van der Waals surface area contributed by atoms with Gasteiger partial charge in [-0.1, -0.05) is 0 Å². The van der Waals surface area contributed by atoms with Crippen LogP contribution in [0.2, 0.25) is 0 Å². The van der Waals surface area contributed by atoms with Crippen LogP contribution in [0.25, 0.3) is 10.9 Å². The van der Waals surface area contributed by atoms with Crippen molar-refractivity contribution in [2.45, 2.75) is 0 Å². The molecule has 2 N–H and O–H groups in total. The Morgan fingerprint density at radius 2 is 2.27 bits per heavy atom. The molecule has 0 saturated carbocycles. The minimum absolute atomic E-state index is 0.171. The minimum Gasteiger partial charge on any atom is -0.478 e. The zero-order chi connectivity index (χ0) is 11.0. The topological polar surface area (TPSA) is 74.0 Å². The van der Waals surface area contributed by atoms with Gasteiger partial charge in [0.05, 0.1) is 10.9 Å². The molecule has 0 amide bonds. The number of carbonyl (C=O) groups is 2. The number of rotatable bonds is 2. The van der Waals surface area contributed by atoms with Crippen molar-refractivity contribution in [3.05, 3.63) is 29.5 Å². The molecule has 0 bridgehead atoms. The largest absolute Gasteiger partial charge is 0.478 e. The van der Waals surface area contributed by atoms with Crippen molar-refractivity contribution in [1.82, 2.24) is 5.10 Å². The maximum atomic E-state index is 10.8. The molecule has 5 heteroatoms. The van der Waals surface area contributed by atoms with Crippen LogP contribution in [-0.4, -0.2) is 22.5 Å². The van der Waals surface area contributed by atoms with Gasteiger partial charge in [-0.05, 0) is 18.2 Å². The van der Waals surface area contributed by atoms with E-state index in [4.69, 9.17) is 5.11 Å². The quantitative estimate of drug-likeness (QED) is 0.554. The average Bonchev–Trinajstić information content (AvgIpc) is 2.51. The molecule has 5 nitrogen and oxygen atoms in total. The van der Waals surface area contributed by atoms with Gasteiger partial charge >= 0.3 is 5.97 Å². The molecule has 0 radical (unpaired) electrons. The number of aryl methyl sites for hydroxylation is 1. The number of aromatic amines is 1. The number of nitrogens with one attached hydrogen (secondary N) is 1. The molecule has 0 spiro atoms. The van der Waals surface area contributed by atoms with Crippen molar-refractivity contribution in [3.8, 4) is 0 Å². The van der Waals surface area contributed by atoms with Gasteiger partial charge in [-0.25, -0.2) is 4.79 Å². The molecule has 0 aliphatic heterocycles. The first-order valence-electron chi connectivity index (χ1n) is 4.33. The molecule has 0 aliphatic rings. The van der Waals surface area contributed by atoms with Crippen LogP contribution in [0.5, 0.6) is 0 Å². The van der Waals surface area contributed by atoms with Crippen LogP contribution in [0.3, 0.4) is 0 Å². The number of carbonyl (C=O) groups excluding carboxylic acids is 1. The van der Waals surface area contributed by atoms with E-state index in [2.05, 4.69) is 5.10 Å². The molecule has 0 saturated heterocycles. The number of carboxylic acid groups (broad SMARTS) is 1. The lowest BCUT2D eigenvalue weighted by atomic mass is 10.1. The van der Waals surface area contributed by atoms with Crippen molar-refractivity contribution in [1.29, 1.82) is 0 Å². The zero-order valence-electron chi connectivity index (χ0n) is 8.02. The summed E-state index contributed by atoms with van der Waals surface area (Å²) in [5.74, 6) is -1.00. The number of fused-ring (bicyclic) bond motifs is 1. The fraction of sp³-hybridized carbons (Fsp3) is 0.100. The maximum Gasteiger partial charge on any atom is 0.335 e. The van der Waals surface area contributed by atoms with Gasteiger partial charge in [-0.2, -0.15) is 5.10 Å². The highest BCUT2D eigenvalue weighted by molar-refractivity contribution is 5.98. The molecule has 76 valence electrons. The molecule has 2 aromatic rings. The summed E-state index contributed by atoms with van der Waals surface area (Å²) in [7, 11) is 1.70. The monoisotopic (exact) mass is 205 g/mol. The highest BCUT2D eigenvalue weighted by Gasteiger charge is 2.16. The summed E-state index contributed by atoms with van der Waals surface area (Å²) in [5, 5.41) is 12.4. The highest BCUT2D eigenvalue weighted by Crippen LogP contribution is 2.15. The number of hydrogen-bond donors (Lipinski definition) is 2. The number of carboxylic acids is 1. The molecule has 1 aromatic heterocycles. The van der Waals surface area contributed by atoms with Crippen LogP contribution >= 0.6 is 0 Å². The zero-order valence-corrected chi connectivity index (χ0v) is 8.02. The van der Waals surface area contributed by atoms with Gasteiger partial charge in [-0.3, -0.25) is 4.79 Å². The Bertz CT molecular complexity index is 557. The Hall–Kier alpha value is -2.17. The molecule has 2 rings (SSSR count). The minimum atomic E-state index is -1.00. The first-order valence-corrected chi connectivity index (χ1v) is 4.33. The third kappa shape index (κ3) is 1.38. The third-order valence-corrected chi connectivity index (χ3v) is 2.30. The van der Waals surface area contributed by atoms with Crippen LogP contribution in [0.4, 0.5) is 0 Å². The average molecular weight is 205 g/mol. The van der Waals surface area contributed by atoms with Crippen LogP contribution < -0.4 is 4.68 Å². The lowest BCUT2D eigenvalue weighted by molar-refractivity contribution is -0.725. The Morgan fingerprint density at radius 1 is 1.53 bits per heavy atom. The first-order chi connectivity index (χ1) is 7.13. The van der Waals surface area contributed by atoms with Gasteiger partial charge < -0.3 is 5.11 Å². The molecule has 1 heterocycles. The first kappa shape index (κ1) is 9.39. The highest BCUT2D eigenvalue weighted by atomic mass is 16.4. The molecular formula is C10H9N2O3+. The summed E-state index contributed by atoms with van der Waals surface area (Å²) >= 11 is 0. The molecule has 0 aliphatic carbocycles. The summed E-state index contributed by atoms with van der Waals surface area (Å²) in [6.07, 6.45) is 0.699. The van der Waals surface area contributed by atoms with Gasteiger partial charge in [-0.15, -0.1) is 4.68 Å². The maximum absolute atomic E-state index is 10.8. The second-order valence-corrected chi connectivity index (χ2v) is 3.24. The van der Waals surface area contributed by atoms with Crippen LogP contribution in [0.15, 0.2) is 18.2 Å². The van der Waals surface area contributed by atoms with E-state index in [0.717, 1.165) is 5.52 Å². The summed E-state index contributed by atoms with van der Waals surface area (Å²) in [6, 6.07) is 4.62.